The van der Waals surface area contributed by atoms with Crippen LogP contribution in [0.2, 0.25) is 0 Å². The van der Waals surface area contributed by atoms with Crippen LogP contribution in [0.3, 0.4) is 0 Å². The molecule has 0 aliphatic rings. The summed E-state index contributed by atoms with van der Waals surface area (Å²) in [7, 11) is 0. The van der Waals surface area contributed by atoms with Gasteiger partial charge in [-0.1, -0.05) is 0 Å². The van der Waals surface area contributed by atoms with E-state index in [0.717, 1.165) is 25.0 Å². The molecule has 0 saturated carbocycles. The Morgan fingerprint density at radius 3 is 2.42 bits per heavy atom. The minimum absolute atomic E-state index is 0.405. The third-order valence-electron chi connectivity index (χ3n) is 4.03. The smallest absolute Gasteiger partial charge is 0.320 e. The van der Waals surface area contributed by atoms with Gasteiger partial charge in [0.1, 0.15) is 6.04 Å². The summed E-state index contributed by atoms with van der Waals surface area (Å²) in [5.41, 5.74) is 18.3. The maximum absolute atomic E-state index is 10.6. The summed E-state index contributed by atoms with van der Waals surface area (Å²) in [4.78, 5) is 21.2. The van der Waals surface area contributed by atoms with Gasteiger partial charge >= 0.3 is 5.97 Å². The zero-order chi connectivity index (χ0) is 19.5. The second kappa shape index (κ2) is 11.3. The standard InChI is InChI=1S/C16H30N6O4/c1-12-10-21(19-8-4-2-6-13(17)15(23)24)11-22(12)20-9-5-3-7-14(18)16(25)26/h10-11,13-14,19-20H,2-9,17-18H2,1H3,(H-,23,24,25,26)/t13-,14-/m0/s1. The molecule has 1 heterocycles. The monoisotopic (exact) mass is 370 g/mol. The summed E-state index contributed by atoms with van der Waals surface area (Å²) in [5, 5.41) is 19.2. The Bertz CT molecular complexity index is 577. The van der Waals surface area contributed by atoms with Crippen LogP contribution in [-0.2, 0) is 9.59 Å². The number of hydrogen-bond donors (Lipinski definition) is 5. The Labute approximate surface area is 153 Å². The van der Waals surface area contributed by atoms with Gasteiger partial charge in [-0.15, -0.1) is 9.35 Å². The Hall–Kier alpha value is -2.33. The van der Waals surface area contributed by atoms with Crippen LogP contribution in [0.15, 0.2) is 12.5 Å². The highest BCUT2D eigenvalue weighted by Crippen LogP contribution is 2.00. The van der Waals surface area contributed by atoms with Crippen molar-refractivity contribution in [2.75, 3.05) is 23.9 Å². The number of aryl methyl sites for hydroxylation is 1. The zero-order valence-corrected chi connectivity index (χ0v) is 15.2. The van der Waals surface area contributed by atoms with E-state index in [1.807, 2.05) is 28.8 Å². The lowest BCUT2D eigenvalue weighted by molar-refractivity contribution is -0.649. The van der Waals surface area contributed by atoms with Crippen LogP contribution >= 0.6 is 0 Å². The molecule has 0 fully saturated rings. The number of rotatable bonds is 14. The maximum Gasteiger partial charge on any atom is 0.320 e. The third-order valence-corrected chi connectivity index (χ3v) is 4.03. The molecule has 0 spiro atoms. The first-order chi connectivity index (χ1) is 12.3. The Morgan fingerprint density at radius 1 is 1.19 bits per heavy atom. The number of carbonyl (C=O) groups excluding carboxylic acids is 1. The highest BCUT2D eigenvalue weighted by molar-refractivity contribution is 5.72. The molecule has 148 valence electrons. The lowest BCUT2D eigenvalue weighted by Gasteiger charge is -2.11. The van der Waals surface area contributed by atoms with Gasteiger partial charge in [0, 0.05) is 13.0 Å². The lowest BCUT2D eigenvalue weighted by atomic mass is 10.1. The highest BCUT2D eigenvalue weighted by atomic mass is 16.4. The molecule has 0 radical (unpaired) electrons. The zero-order valence-electron chi connectivity index (χ0n) is 15.2. The first-order valence-electron chi connectivity index (χ1n) is 8.84. The van der Waals surface area contributed by atoms with Crippen molar-refractivity contribution in [1.29, 1.82) is 0 Å². The average Bonchev–Trinajstić information content (AvgIpc) is 2.93. The van der Waals surface area contributed by atoms with E-state index in [-0.39, 0.29) is 0 Å². The fourth-order valence-corrected chi connectivity index (χ4v) is 2.39. The number of nitrogens with two attached hydrogens (primary N) is 2. The molecule has 0 aliphatic carbocycles. The van der Waals surface area contributed by atoms with Crippen LogP contribution in [0.4, 0.5) is 0 Å². The van der Waals surface area contributed by atoms with Crippen LogP contribution < -0.4 is 32.1 Å². The molecule has 0 amide bonds. The number of nitrogens with zero attached hydrogens (tertiary/aromatic N) is 2. The number of carbonyl (C=O) groups is 2. The SMILES string of the molecule is Cc1c[n+](NCCCC[C@H](N)C(=O)[O-])cn1NCCCC[C@H](N)C(=O)O. The molecule has 2 atom stereocenters. The van der Waals surface area contributed by atoms with Crippen LogP contribution in [0, 0.1) is 6.92 Å². The van der Waals surface area contributed by atoms with Gasteiger partial charge in [0.05, 0.1) is 19.1 Å². The molecule has 1 rings (SSSR count). The number of carboxylic acids is 2. The average molecular weight is 370 g/mol. The fraction of sp³-hybridized carbons (Fsp3) is 0.688. The minimum Gasteiger partial charge on any atom is -0.548 e. The van der Waals surface area contributed by atoms with Gasteiger partial charge in [-0.05, 0) is 38.5 Å². The van der Waals surface area contributed by atoms with E-state index in [4.69, 9.17) is 16.6 Å². The predicted molar refractivity (Wildman–Crippen MR) is 94.1 cm³/mol. The fourth-order valence-electron chi connectivity index (χ4n) is 2.39. The number of aromatic nitrogens is 2. The highest BCUT2D eigenvalue weighted by Gasteiger charge is 2.11. The van der Waals surface area contributed by atoms with Crippen molar-refractivity contribution in [1.82, 2.24) is 4.68 Å². The molecule has 1 aromatic heterocycles. The molecule has 0 saturated heterocycles. The predicted octanol–water partition coefficient (Wildman–Crippen LogP) is -2.00. The second-order valence-electron chi connectivity index (χ2n) is 6.34. The third kappa shape index (κ3) is 8.17. The van der Waals surface area contributed by atoms with Crippen LogP contribution in [-0.4, -0.2) is 46.9 Å². The van der Waals surface area contributed by atoms with Crippen molar-refractivity contribution in [2.24, 2.45) is 11.5 Å². The van der Waals surface area contributed by atoms with Crippen LogP contribution in [0.5, 0.6) is 0 Å². The van der Waals surface area contributed by atoms with Crippen molar-refractivity contribution < 1.29 is 24.5 Å². The number of carboxylic acid groups (broad SMARTS) is 2. The van der Waals surface area contributed by atoms with Crippen molar-refractivity contribution in [3.63, 3.8) is 0 Å². The van der Waals surface area contributed by atoms with E-state index in [9.17, 15) is 14.7 Å². The second-order valence-corrected chi connectivity index (χ2v) is 6.34. The Balaban J connectivity index is 2.21. The normalized spacial score (nSPS) is 13.2. The molecule has 1 aromatic rings. The Kier molecular flexibility index (Phi) is 9.45. The van der Waals surface area contributed by atoms with E-state index in [1.54, 1.807) is 0 Å². The molecule has 26 heavy (non-hydrogen) atoms. The number of imidazole rings is 1. The van der Waals surface area contributed by atoms with Gasteiger partial charge in [-0.3, -0.25) is 15.6 Å². The first-order valence-corrected chi connectivity index (χ1v) is 8.84. The summed E-state index contributed by atoms with van der Waals surface area (Å²) >= 11 is 0. The number of hydrogen-bond acceptors (Lipinski definition) is 7. The Morgan fingerprint density at radius 2 is 1.81 bits per heavy atom. The van der Waals surface area contributed by atoms with Crippen molar-refractivity contribution in [2.45, 2.75) is 57.5 Å². The molecule has 10 heteroatoms. The van der Waals surface area contributed by atoms with Gasteiger partial charge in [-0.2, -0.15) is 0 Å². The molecular weight excluding hydrogens is 340 g/mol. The van der Waals surface area contributed by atoms with Gasteiger partial charge in [-0.25, -0.2) is 0 Å². The topological polar surface area (TPSA) is 162 Å². The van der Waals surface area contributed by atoms with E-state index in [0.29, 0.717) is 32.4 Å². The van der Waals surface area contributed by atoms with E-state index >= 15 is 0 Å². The van der Waals surface area contributed by atoms with Crippen molar-refractivity contribution in [3.05, 3.63) is 18.2 Å². The molecular formula is C16H30N6O4. The number of unbranched alkanes of at least 4 members (excludes halogenated alkanes) is 2. The molecule has 7 N–H and O–H groups in total. The number of nitrogens with one attached hydrogen (secondary N) is 2. The van der Waals surface area contributed by atoms with Crippen molar-refractivity contribution in [3.8, 4) is 0 Å². The van der Waals surface area contributed by atoms with Crippen LogP contribution in [0.1, 0.15) is 44.2 Å². The van der Waals surface area contributed by atoms with Gasteiger partial charge in [0.25, 0.3) is 6.33 Å². The van der Waals surface area contributed by atoms with Crippen molar-refractivity contribution >= 4 is 11.9 Å². The van der Waals surface area contributed by atoms with E-state index < -0.39 is 24.0 Å². The molecule has 0 aromatic carbocycles. The summed E-state index contributed by atoms with van der Waals surface area (Å²) in [6.45, 7) is 3.37. The molecule has 0 bridgehead atoms. The first kappa shape index (κ1) is 21.7. The van der Waals surface area contributed by atoms with E-state index in [2.05, 4.69) is 10.9 Å². The van der Waals surface area contributed by atoms with Gasteiger partial charge in [0.15, 0.2) is 11.9 Å². The molecule has 0 aliphatic heterocycles. The summed E-state index contributed by atoms with van der Waals surface area (Å²) in [6, 6.07) is -1.70. The number of aliphatic carboxylic acids is 2. The van der Waals surface area contributed by atoms with E-state index in [1.165, 1.54) is 0 Å². The summed E-state index contributed by atoms with van der Waals surface area (Å²) in [6.07, 6.45) is 7.74. The largest absolute Gasteiger partial charge is 0.548 e. The van der Waals surface area contributed by atoms with Gasteiger partial charge < -0.3 is 26.5 Å². The quantitative estimate of drug-likeness (QED) is 0.185. The van der Waals surface area contributed by atoms with Gasteiger partial charge in [0.2, 0.25) is 0 Å². The maximum atomic E-state index is 10.6. The minimum atomic E-state index is -1.21. The molecule has 0 unspecified atom stereocenters. The summed E-state index contributed by atoms with van der Waals surface area (Å²) < 4.78 is 3.72. The van der Waals surface area contributed by atoms with Crippen LogP contribution in [0.25, 0.3) is 0 Å². The molecule has 10 nitrogen and oxygen atoms in total. The summed E-state index contributed by atoms with van der Waals surface area (Å²) in [5.74, 6) is -2.18. The lowest BCUT2D eigenvalue weighted by Crippen LogP contribution is -2.44.